The Kier molecular flexibility index (Phi) is 4.97. The summed E-state index contributed by atoms with van der Waals surface area (Å²) in [6.07, 6.45) is 0. The zero-order valence-electron chi connectivity index (χ0n) is 26.8. The van der Waals surface area contributed by atoms with Crippen LogP contribution < -0.4 is 0 Å². The Balaban J connectivity index is 1.23. The van der Waals surface area contributed by atoms with Crippen molar-refractivity contribution in [2.75, 3.05) is 0 Å². The minimum absolute atomic E-state index is 0.0318. The lowest BCUT2D eigenvalue weighted by Crippen LogP contribution is -2.14. The molecule has 0 bridgehead atoms. The summed E-state index contributed by atoms with van der Waals surface area (Å²) in [5, 5.41) is 15.2. The molecular weight excluding hydrogens is 581 g/mol. The van der Waals surface area contributed by atoms with Crippen LogP contribution in [0.25, 0.3) is 98.1 Å². The van der Waals surface area contributed by atoms with Crippen LogP contribution in [0, 0.1) is 0 Å². The second kappa shape index (κ2) is 9.12. The number of rotatable bonds is 2. The largest absolute Gasteiger partial charge is 0.456 e. The molecule has 0 saturated heterocycles. The molecule has 10 aromatic rings. The number of benzene rings is 9. The molecule has 0 N–H and O–H groups in total. The first-order chi connectivity index (χ1) is 23.6. The molecule has 0 spiro atoms. The summed E-state index contributed by atoms with van der Waals surface area (Å²) < 4.78 is 6.56. The summed E-state index contributed by atoms with van der Waals surface area (Å²) in [4.78, 5) is 0. The predicted molar refractivity (Wildman–Crippen MR) is 204 cm³/mol. The maximum absolute atomic E-state index is 6.56. The zero-order chi connectivity index (χ0) is 31.7. The number of furan rings is 1. The molecule has 0 fully saturated rings. The van der Waals surface area contributed by atoms with Gasteiger partial charge in [-0.15, -0.1) is 0 Å². The van der Waals surface area contributed by atoms with Gasteiger partial charge in [0.2, 0.25) is 0 Å². The highest BCUT2D eigenvalue weighted by atomic mass is 16.3. The fourth-order valence-corrected chi connectivity index (χ4v) is 8.99. The molecule has 1 aromatic heterocycles. The van der Waals surface area contributed by atoms with Gasteiger partial charge in [-0.2, -0.15) is 0 Å². The first-order valence-corrected chi connectivity index (χ1v) is 16.8. The van der Waals surface area contributed by atoms with E-state index in [0.29, 0.717) is 0 Å². The Labute approximate surface area is 277 Å². The van der Waals surface area contributed by atoms with Crippen LogP contribution in [0.1, 0.15) is 25.0 Å². The fraction of sp³-hybridized carbons (Fsp3) is 0.0638. The minimum Gasteiger partial charge on any atom is -0.456 e. The normalized spacial score (nSPS) is 13.8. The molecule has 1 heteroatoms. The van der Waals surface area contributed by atoms with Crippen molar-refractivity contribution in [3.8, 4) is 22.3 Å². The molecule has 1 nitrogen and oxygen atoms in total. The highest BCUT2D eigenvalue weighted by Crippen LogP contribution is 2.53. The molecule has 0 radical (unpaired) electrons. The predicted octanol–water partition coefficient (Wildman–Crippen LogP) is 13.3. The molecule has 224 valence electrons. The van der Waals surface area contributed by atoms with Gasteiger partial charge in [-0.1, -0.05) is 129 Å². The van der Waals surface area contributed by atoms with E-state index in [4.69, 9.17) is 4.42 Å². The molecule has 11 rings (SSSR count). The maximum Gasteiger partial charge on any atom is 0.136 e. The van der Waals surface area contributed by atoms with E-state index < -0.39 is 0 Å². The molecule has 0 saturated carbocycles. The van der Waals surface area contributed by atoms with E-state index in [-0.39, 0.29) is 5.41 Å². The van der Waals surface area contributed by atoms with Crippen LogP contribution in [-0.4, -0.2) is 0 Å². The Morgan fingerprint density at radius 3 is 1.69 bits per heavy atom. The summed E-state index contributed by atoms with van der Waals surface area (Å²) in [5.41, 5.74) is 9.68. The van der Waals surface area contributed by atoms with Gasteiger partial charge in [0, 0.05) is 16.2 Å². The smallest absolute Gasteiger partial charge is 0.136 e. The molecule has 1 aliphatic rings. The van der Waals surface area contributed by atoms with Crippen molar-refractivity contribution in [3.05, 3.63) is 157 Å². The van der Waals surface area contributed by atoms with Gasteiger partial charge in [-0.05, 0) is 118 Å². The van der Waals surface area contributed by atoms with E-state index >= 15 is 0 Å². The third-order valence-corrected chi connectivity index (χ3v) is 11.2. The summed E-state index contributed by atoms with van der Waals surface area (Å²) >= 11 is 0. The molecule has 1 heterocycles. The summed E-state index contributed by atoms with van der Waals surface area (Å²) in [6, 6.07) is 53.9. The van der Waals surface area contributed by atoms with Gasteiger partial charge in [-0.25, -0.2) is 0 Å². The summed E-state index contributed by atoms with van der Waals surface area (Å²) in [7, 11) is 0. The van der Waals surface area contributed by atoms with E-state index in [1.807, 2.05) is 0 Å². The maximum atomic E-state index is 6.56. The third kappa shape index (κ3) is 3.31. The van der Waals surface area contributed by atoms with Crippen molar-refractivity contribution < 1.29 is 4.42 Å². The monoisotopic (exact) mass is 610 g/mol. The van der Waals surface area contributed by atoms with Crippen LogP contribution in [0.2, 0.25) is 0 Å². The molecular formula is C47H30O. The lowest BCUT2D eigenvalue weighted by molar-refractivity contribution is 0.663. The van der Waals surface area contributed by atoms with Crippen molar-refractivity contribution in [1.82, 2.24) is 0 Å². The lowest BCUT2D eigenvalue weighted by atomic mass is 9.81. The highest BCUT2D eigenvalue weighted by Gasteiger charge is 2.34. The van der Waals surface area contributed by atoms with Gasteiger partial charge in [-0.3, -0.25) is 0 Å². The molecule has 0 amide bonds. The van der Waals surface area contributed by atoms with Gasteiger partial charge in [0.1, 0.15) is 11.2 Å². The Bertz CT molecular complexity index is 2970. The van der Waals surface area contributed by atoms with Crippen molar-refractivity contribution in [1.29, 1.82) is 0 Å². The topological polar surface area (TPSA) is 13.1 Å². The Morgan fingerprint density at radius 1 is 0.396 bits per heavy atom. The van der Waals surface area contributed by atoms with E-state index in [1.165, 1.54) is 87.2 Å². The average Bonchev–Trinajstić information content (AvgIpc) is 3.59. The van der Waals surface area contributed by atoms with Crippen molar-refractivity contribution in [2.45, 2.75) is 19.3 Å². The Morgan fingerprint density at radius 2 is 0.958 bits per heavy atom. The molecule has 0 atom stereocenters. The summed E-state index contributed by atoms with van der Waals surface area (Å²) in [5.74, 6) is 0. The van der Waals surface area contributed by atoms with Crippen LogP contribution in [0.4, 0.5) is 0 Å². The van der Waals surface area contributed by atoms with Crippen LogP contribution in [0.5, 0.6) is 0 Å². The van der Waals surface area contributed by atoms with E-state index in [2.05, 4.69) is 159 Å². The minimum atomic E-state index is -0.0318. The van der Waals surface area contributed by atoms with Gasteiger partial charge < -0.3 is 4.42 Å². The molecule has 48 heavy (non-hydrogen) atoms. The molecule has 9 aromatic carbocycles. The Hall–Kier alpha value is -5.92. The quantitative estimate of drug-likeness (QED) is 0.140. The van der Waals surface area contributed by atoms with Gasteiger partial charge in [0.05, 0.1) is 0 Å². The van der Waals surface area contributed by atoms with Crippen molar-refractivity contribution >= 4 is 75.8 Å². The van der Waals surface area contributed by atoms with Gasteiger partial charge >= 0.3 is 0 Å². The number of hydrogen-bond acceptors (Lipinski definition) is 1. The standard InChI is InChI=1S/C47H30O/c1-47(2)39-19-9-13-29-24-38(36-18-10-20-40(47)46(36)44(29)39)45-34-16-7-5-14-32(34)43(33-15-6-8-17-35(33)45)30-21-22-31-37-23-27-11-3-4-12-28(27)25-42(37)48-41(31)26-30/h3-26H,1-2H3. The first-order valence-electron chi connectivity index (χ1n) is 16.8. The molecule has 0 aliphatic heterocycles. The highest BCUT2D eigenvalue weighted by molar-refractivity contribution is 6.27. The summed E-state index contributed by atoms with van der Waals surface area (Å²) in [6.45, 7) is 4.74. The fourth-order valence-electron chi connectivity index (χ4n) is 8.99. The zero-order valence-corrected chi connectivity index (χ0v) is 26.8. The van der Waals surface area contributed by atoms with Gasteiger partial charge in [0.25, 0.3) is 0 Å². The van der Waals surface area contributed by atoms with E-state index in [0.717, 1.165) is 21.9 Å². The number of fused-ring (bicyclic) bond motifs is 6. The van der Waals surface area contributed by atoms with Crippen LogP contribution in [-0.2, 0) is 5.41 Å². The molecule has 0 unspecified atom stereocenters. The van der Waals surface area contributed by atoms with E-state index in [1.54, 1.807) is 0 Å². The lowest BCUT2D eigenvalue weighted by Gasteiger charge is -2.21. The SMILES string of the molecule is CC1(C)c2cccc3cc(-c4c5ccccc5c(-c5ccc6c(c5)oc5cc7ccccc7cc56)c5ccccc45)c4cccc1c4c23. The van der Waals surface area contributed by atoms with Gasteiger partial charge in [0.15, 0.2) is 0 Å². The third-order valence-electron chi connectivity index (χ3n) is 11.2. The van der Waals surface area contributed by atoms with Crippen LogP contribution in [0.3, 0.4) is 0 Å². The first kappa shape index (κ1) is 26.2. The van der Waals surface area contributed by atoms with Crippen molar-refractivity contribution in [2.24, 2.45) is 0 Å². The number of hydrogen-bond donors (Lipinski definition) is 0. The van der Waals surface area contributed by atoms with Crippen LogP contribution in [0.15, 0.2) is 150 Å². The average molecular weight is 611 g/mol. The second-order valence-electron chi connectivity index (χ2n) is 14.0. The van der Waals surface area contributed by atoms with E-state index in [9.17, 15) is 0 Å². The second-order valence-corrected chi connectivity index (χ2v) is 14.0. The molecule has 1 aliphatic carbocycles. The van der Waals surface area contributed by atoms with Crippen LogP contribution >= 0.6 is 0 Å². The van der Waals surface area contributed by atoms with Crippen molar-refractivity contribution in [3.63, 3.8) is 0 Å².